The number of morpholine rings is 1. The second-order valence-corrected chi connectivity index (χ2v) is 4.92. The zero-order valence-corrected chi connectivity index (χ0v) is 12.1. The van der Waals surface area contributed by atoms with Crippen molar-refractivity contribution in [3.05, 3.63) is 18.0 Å². The van der Waals surface area contributed by atoms with E-state index in [-0.39, 0.29) is 0 Å². The minimum Gasteiger partial charge on any atom is -0.481 e. The first kappa shape index (κ1) is 13.5. The van der Waals surface area contributed by atoms with Gasteiger partial charge in [-0.2, -0.15) is 4.98 Å². The molecule has 0 unspecified atom stereocenters. The van der Waals surface area contributed by atoms with Crippen LogP contribution in [0.25, 0.3) is 11.2 Å². The molecule has 0 radical (unpaired) electrons. The van der Waals surface area contributed by atoms with E-state index in [1.165, 1.54) is 0 Å². The molecule has 1 saturated heterocycles. The summed E-state index contributed by atoms with van der Waals surface area (Å²) in [4.78, 5) is 9.16. The first-order valence-electron chi connectivity index (χ1n) is 6.65. The van der Waals surface area contributed by atoms with Crippen molar-refractivity contribution >= 4 is 22.8 Å². The van der Waals surface area contributed by atoms with E-state index in [1.807, 2.05) is 12.1 Å². The lowest BCUT2D eigenvalue weighted by Crippen LogP contribution is -2.44. The van der Waals surface area contributed by atoms with E-state index in [1.54, 1.807) is 7.11 Å². The number of nitrogens with zero attached hydrogens (tertiary/aromatic N) is 4. The zero-order chi connectivity index (χ0) is 13.9. The number of imidazole rings is 1. The Hall–Kier alpha value is -1.53. The maximum absolute atomic E-state index is 5.89. The summed E-state index contributed by atoms with van der Waals surface area (Å²) in [6.45, 7) is 3.06. The van der Waals surface area contributed by atoms with Crippen LogP contribution in [-0.2, 0) is 11.2 Å². The molecule has 0 amide bonds. The van der Waals surface area contributed by atoms with Gasteiger partial charge in [0.2, 0.25) is 5.88 Å². The fraction of sp³-hybridized carbons (Fsp3) is 0.538. The van der Waals surface area contributed by atoms with Gasteiger partial charge < -0.3 is 14.5 Å². The summed E-state index contributed by atoms with van der Waals surface area (Å²) in [5, 5.41) is 2.20. The minimum atomic E-state index is 0.533. The molecule has 0 aliphatic carbocycles. The lowest BCUT2D eigenvalue weighted by atomic mass is 10.4. The molecule has 0 aromatic carbocycles. The lowest BCUT2D eigenvalue weighted by Gasteiger charge is -2.30. The van der Waals surface area contributed by atoms with Gasteiger partial charge in [-0.1, -0.05) is 0 Å². The highest BCUT2D eigenvalue weighted by molar-refractivity contribution is 6.17. The molecule has 0 N–H and O–H groups in total. The average Bonchev–Trinajstić information content (AvgIpc) is 2.85. The summed E-state index contributed by atoms with van der Waals surface area (Å²) in [5.41, 5.74) is 1.67. The van der Waals surface area contributed by atoms with Crippen LogP contribution in [0.2, 0.25) is 0 Å². The van der Waals surface area contributed by atoms with Crippen LogP contribution in [0.3, 0.4) is 0 Å². The number of aromatic nitrogens is 3. The maximum Gasteiger partial charge on any atom is 0.215 e. The van der Waals surface area contributed by atoms with Gasteiger partial charge in [-0.25, -0.2) is 9.66 Å². The lowest BCUT2D eigenvalue weighted by molar-refractivity contribution is 0.111. The van der Waals surface area contributed by atoms with E-state index >= 15 is 0 Å². The molecule has 0 atom stereocenters. The van der Waals surface area contributed by atoms with Crippen molar-refractivity contribution < 1.29 is 9.47 Å². The molecule has 1 fully saturated rings. The number of rotatable bonds is 4. The first-order valence-corrected chi connectivity index (χ1v) is 7.18. The number of hydrogen-bond acceptors (Lipinski definition) is 5. The highest BCUT2D eigenvalue weighted by atomic mass is 35.5. The highest BCUT2D eigenvalue weighted by Crippen LogP contribution is 2.19. The number of pyridine rings is 1. The van der Waals surface area contributed by atoms with Crippen molar-refractivity contribution in [3.8, 4) is 5.88 Å². The smallest absolute Gasteiger partial charge is 0.215 e. The van der Waals surface area contributed by atoms with E-state index < -0.39 is 0 Å². The van der Waals surface area contributed by atoms with Gasteiger partial charge in [0.25, 0.3) is 0 Å². The molecule has 1 aliphatic rings. The first-order chi connectivity index (χ1) is 9.83. The van der Waals surface area contributed by atoms with Crippen LogP contribution in [0.1, 0.15) is 5.82 Å². The summed E-state index contributed by atoms with van der Waals surface area (Å²) in [7, 11) is 1.61. The van der Waals surface area contributed by atoms with Crippen molar-refractivity contribution in [2.24, 2.45) is 0 Å². The molecule has 2 aromatic heterocycles. The third-order valence-electron chi connectivity index (χ3n) is 3.32. The van der Waals surface area contributed by atoms with Gasteiger partial charge in [-0.05, 0) is 6.07 Å². The van der Waals surface area contributed by atoms with Crippen molar-refractivity contribution in [2.75, 3.05) is 44.3 Å². The second kappa shape index (κ2) is 5.85. The Labute approximate surface area is 122 Å². The van der Waals surface area contributed by atoms with Crippen molar-refractivity contribution in [1.82, 2.24) is 14.6 Å². The molecule has 3 heterocycles. The standard InChI is InChI=1S/C13H17ClN4O2/c1-19-12-3-2-10-13(16-12)18(11(15-10)4-5-14)17-6-8-20-9-7-17/h2-3H,4-9H2,1H3. The number of halogens is 1. The van der Waals surface area contributed by atoms with E-state index in [0.29, 0.717) is 31.4 Å². The molecular weight excluding hydrogens is 280 g/mol. The summed E-state index contributed by atoms with van der Waals surface area (Å²) in [6.07, 6.45) is 0.706. The van der Waals surface area contributed by atoms with Crippen molar-refractivity contribution in [1.29, 1.82) is 0 Å². The number of alkyl halides is 1. The Morgan fingerprint density at radius 1 is 1.30 bits per heavy atom. The third kappa shape index (κ3) is 2.41. The molecule has 6 nitrogen and oxygen atoms in total. The van der Waals surface area contributed by atoms with Gasteiger partial charge in [0.15, 0.2) is 5.65 Å². The number of ether oxygens (including phenoxy) is 2. The van der Waals surface area contributed by atoms with Gasteiger partial charge >= 0.3 is 0 Å². The molecular formula is C13H17ClN4O2. The highest BCUT2D eigenvalue weighted by Gasteiger charge is 2.19. The van der Waals surface area contributed by atoms with Crippen LogP contribution in [0.15, 0.2) is 12.1 Å². The van der Waals surface area contributed by atoms with Crippen molar-refractivity contribution in [3.63, 3.8) is 0 Å². The summed E-state index contributed by atoms with van der Waals surface area (Å²) >= 11 is 5.89. The third-order valence-corrected chi connectivity index (χ3v) is 3.51. The topological polar surface area (TPSA) is 52.4 Å². The molecule has 7 heteroatoms. The van der Waals surface area contributed by atoms with Crippen LogP contribution in [0.4, 0.5) is 0 Å². The van der Waals surface area contributed by atoms with Gasteiger partial charge in [0.1, 0.15) is 11.3 Å². The van der Waals surface area contributed by atoms with Gasteiger partial charge in [-0.15, -0.1) is 11.6 Å². The predicted molar refractivity (Wildman–Crippen MR) is 77.3 cm³/mol. The SMILES string of the molecule is COc1ccc2nc(CCCl)n(N3CCOCC3)c2n1. The fourth-order valence-electron chi connectivity index (χ4n) is 2.39. The fourth-order valence-corrected chi connectivity index (χ4v) is 2.56. The molecule has 3 rings (SSSR count). The Kier molecular flexibility index (Phi) is 3.93. The van der Waals surface area contributed by atoms with E-state index in [2.05, 4.69) is 19.7 Å². The molecule has 0 bridgehead atoms. The molecule has 0 spiro atoms. The van der Waals surface area contributed by atoms with Crippen LogP contribution in [0.5, 0.6) is 5.88 Å². The van der Waals surface area contributed by atoms with Crippen LogP contribution in [-0.4, -0.2) is 53.9 Å². The Balaban J connectivity index is 2.10. The summed E-state index contributed by atoms with van der Waals surface area (Å²) < 4.78 is 12.7. The van der Waals surface area contributed by atoms with Crippen molar-refractivity contribution in [2.45, 2.75) is 6.42 Å². The largest absolute Gasteiger partial charge is 0.481 e. The molecule has 108 valence electrons. The normalized spacial score (nSPS) is 15.8. The maximum atomic E-state index is 5.89. The number of aryl methyl sites for hydroxylation is 1. The number of fused-ring (bicyclic) bond motifs is 1. The zero-order valence-electron chi connectivity index (χ0n) is 11.4. The van der Waals surface area contributed by atoms with Crippen LogP contribution >= 0.6 is 11.6 Å². The number of methoxy groups -OCH3 is 1. The van der Waals surface area contributed by atoms with Gasteiger partial charge in [0.05, 0.1) is 33.4 Å². The minimum absolute atomic E-state index is 0.533. The van der Waals surface area contributed by atoms with Crippen LogP contribution < -0.4 is 9.75 Å². The Morgan fingerprint density at radius 3 is 2.80 bits per heavy atom. The second-order valence-electron chi connectivity index (χ2n) is 4.54. The molecule has 0 saturated carbocycles. The van der Waals surface area contributed by atoms with Gasteiger partial charge in [-0.3, -0.25) is 0 Å². The quantitative estimate of drug-likeness (QED) is 0.793. The van der Waals surface area contributed by atoms with Gasteiger partial charge in [0, 0.05) is 18.4 Å². The predicted octanol–water partition coefficient (Wildman–Crippen LogP) is 1.19. The number of hydrogen-bond donors (Lipinski definition) is 0. The van der Waals surface area contributed by atoms with E-state index in [4.69, 9.17) is 21.1 Å². The Morgan fingerprint density at radius 2 is 2.10 bits per heavy atom. The Bertz CT molecular complexity index is 595. The summed E-state index contributed by atoms with van der Waals surface area (Å²) in [6, 6.07) is 3.75. The molecule has 20 heavy (non-hydrogen) atoms. The monoisotopic (exact) mass is 296 g/mol. The molecule has 1 aliphatic heterocycles. The average molecular weight is 297 g/mol. The van der Waals surface area contributed by atoms with Crippen LogP contribution in [0, 0.1) is 0 Å². The van der Waals surface area contributed by atoms with E-state index in [9.17, 15) is 0 Å². The molecule has 2 aromatic rings. The summed E-state index contributed by atoms with van der Waals surface area (Å²) in [5.74, 6) is 2.05. The van der Waals surface area contributed by atoms with E-state index in [0.717, 1.165) is 30.1 Å².